The molecule has 8 heteroatoms. The van der Waals surface area contributed by atoms with Gasteiger partial charge in [0.15, 0.2) is 16.7 Å². The van der Waals surface area contributed by atoms with Crippen LogP contribution < -0.4 is 5.63 Å². The average molecular weight is 416 g/mol. The van der Waals surface area contributed by atoms with Gasteiger partial charge in [-0.2, -0.15) is 0 Å². The second-order valence-electron chi connectivity index (χ2n) is 6.20. The zero-order valence-corrected chi connectivity index (χ0v) is 17.0. The molecule has 144 valence electrons. The molecule has 4 rings (SSSR count). The summed E-state index contributed by atoms with van der Waals surface area (Å²) in [6.07, 6.45) is 2.38. The van der Waals surface area contributed by atoms with Gasteiger partial charge < -0.3 is 8.83 Å². The van der Waals surface area contributed by atoms with E-state index in [4.69, 9.17) is 20.4 Å². The summed E-state index contributed by atoms with van der Waals surface area (Å²) in [6, 6.07) is 8.90. The smallest absolute Gasteiger partial charge is 0.336 e. The van der Waals surface area contributed by atoms with Crippen molar-refractivity contribution in [2.75, 3.05) is 0 Å². The first-order valence-electron chi connectivity index (χ1n) is 8.95. The topological polar surface area (TPSA) is 74.1 Å². The number of hydrogen-bond donors (Lipinski definition) is 0. The molecule has 4 aromatic rings. The van der Waals surface area contributed by atoms with E-state index >= 15 is 0 Å². The first-order chi connectivity index (χ1) is 13.6. The number of aryl methyl sites for hydroxylation is 1. The number of rotatable bonds is 6. The maximum Gasteiger partial charge on any atom is 0.336 e. The summed E-state index contributed by atoms with van der Waals surface area (Å²) >= 11 is 7.88. The van der Waals surface area contributed by atoms with Crippen LogP contribution in [0.15, 0.2) is 55.4 Å². The molecule has 3 aromatic heterocycles. The van der Waals surface area contributed by atoms with Crippen LogP contribution in [0.1, 0.15) is 25.0 Å². The molecule has 0 amide bonds. The number of halogens is 1. The summed E-state index contributed by atoms with van der Waals surface area (Å²) in [5.74, 6) is 1.90. The second kappa shape index (κ2) is 7.85. The quantitative estimate of drug-likeness (QED) is 0.319. The first kappa shape index (κ1) is 18.8. The number of fused-ring (bicyclic) bond motifs is 1. The molecular formula is C20H18ClN3O3S. The van der Waals surface area contributed by atoms with Gasteiger partial charge in [0, 0.05) is 28.8 Å². The summed E-state index contributed by atoms with van der Waals surface area (Å²) in [7, 11) is 0. The predicted octanol–water partition coefficient (Wildman–Crippen LogP) is 5.17. The van der Waals surface area contributed by atoms with E-state index in [0.717, 1.165) is 28.1 Å². The van der Waals surface area contributed by atoms with Crippen LogP contribution in [0.5, 0.6) is 0 Å². The zero-order valence-electron chi connectivity index (χ0n) is 15.4. The van der Waals surface area contributed by atoms with Crippen molar-refractivity contribution in [1.29, 1.82) is 0 Å². The minimum atomic E-state index is -0.374. The second-order valence-corrected chi connectivity index (χ2v) is 7.55. The Morgan fingerprint density at radius 2 is 2.04 bits per heavy atom. The number of thioether (sulfide) groups is 1. The maximum absolute atomic E-state index is 12.0. The molecule has 0 radical (unpaired) electrons. The van der Waals surface area contributed by atoms with Crippen molar-refractivity contribution in [3.63, 3.8) is 0 Å². The molecular weight excluding hydrogens is 398 g/mol. The molecule has 0 fully saturated rings. The highest BCUT2D eigenvalue weighted by molar-refractivity contribution is 7.98. The van der Waals surface area contributed by atoms with Gasteiger partial charge in [-0.3, -0.25) is 4.57 Å². The Bertz CT molecular complexity index is 1180. The van der Waals surface area contributed by atoms with Gasteiger partial charge in [0.1, 0.15) is 5.58 Å². The Balaban J connectivity index is 1.68. The lowest BCUT2D eigenvalue weighted by Gasteiger charge is -2.09. The van der Waals surface area contributed by atoms with E-state index in [1.807, 2.05) is 42.7 Å². The Morgan fingerprint density at radius 3 is 2.75 bits per heavy atom. The molecule has 0 bridgehead atoms. The third-order valence-corrected chi connectivity index (χ3v) is 5.88. The lowest BCUT2D eigenvalue weighted by atomic mass is 10.1. The third-order valence-electron chi connectivity index (χ3n) is 4.51. The van der Waals surface area contributed by atoms with E-state index in [-0.39, 0.29) is 5.63 Å². The fraction of sp³-hybridized carbons (Fsp3) is 0.250. The van der Waals surface area contributed by atoms with Crippen molar-refractivity contribution in [3.05, 3.63) is 63.2 Å². The van der Waals surface area contributed by atoms with Crippen molar-refractivity contribution < 1.29 is 8.83 Å². The molecule has 0 aliphatic carbocycles. The van der Waals surface area contributed by atoms with Gasteiger partial charge in [0.05, 0.1) is 6.26 Å². The predicted molar refractivity (Wildman–Crippen MR) is 110 cm³/mol. The van der Waals surface area contributed by atoms with E-state index in [0.29, 0.717) is 34.5 Å². The minimum absolute atomic E-state index is 0.374. The molecule has 0 unspecified atom stereocenters. The van der Waals surface area contributed by atoms with Gasteiger partial charge in [0.2, 0.25) is 0 Å². The van der Waals surface area contributed by atoms with Gasteiger partial charge in [-0.05, 0) is 48.7 Å². The molecule has 0 spiro atoms. The van der Waals surface area contributed by atoms with E-state index in [9.17, 15) is 4.79 Å². The summed E-state index contributed by atoms with van der Waals surface area (Å²) in [5, 5.41) is 10.8. The maximum atomic E-state index is 12.0. The van der Waals surface area contributed by atoms with E-state index < -0.39 is 0 Å². The molecule has 3 heterocycles. The number of nitrogens with zero attached hydrogens (tertiary/aromatic N) is 3. The number of benzene rings is 1. The van der Waals surface area contributed by atoms with Gasteiger partial charge in [-0.1, -0.05) is 30.3 Å². The van der Waals surface area contributed by atoms with Crippen LogP contribution in [0.2, 0.25) is 5.02 Å². The minimum Gasteiger partial charge on any atom is -0.461 e. The molecule has 0 N–H and O–H groups in total. The lowest BCUT2D eigenvalue weighted by molar-refractivity contribution is 0.559. The van der Waals surface area contributed by atoms with Crippen molar-refractivity contribution in [3.8, 4) is 11.6 Å². The van der Waals surface area contributed by atoms with Gasteiger partial charge in [0.25, 0.3) is 0 Å². The third kappa shape index (κ3) is 3.47. The lowest BCUT2D eigenvalue weighted by Crippen LogP contribution is -2.02. The standard InChI is InChI=1S/C20H18ClN3O3S/c1-3-12-8-17-14(10-15(12)21)13(9-18(25)27-17)11-28-20-23-22-19(24(20)4-2)16-6-5-7-26-16/h5-10H,3-4,11H2,1-2H3. The number of hydrogen-bond acceptors (Lipinski definition) is 6. The van der Waals surface area contributed by atoms with Crippen molar-refractivity contribution in [2.45, 2.75) is 37.7 Å². The number of aromatic nitrogens is 3. The highest BCUT2D eigenvalue weighted by Crippen LogP contribution is 2.31. The van der Waals surface area contributed by atoms with Crippen LogP contribution in [0.25, 0.3) is 22.6 Å². The van der Waals surface area contributed by atoms with Crippen molar-refractivity contribution >= 4 is 34.3 Å². The van der Waals surface area contributed by atoms with Crippen LogP contribution in [-0.2, 0) is 18.7 Å². The highest BCUT2D eigenvalue weighted by Gasteiger charge is 2.16. The van der Waals surface area contributed by atoms with E-state index in [1.165, 1.54) is 17.8 Å². The van der Waals surface area contributed by atoms with Crippen LogP contribution in [0.3, 0.4) is 0 Å². The Hall–Kier alpha value is -2.51. The molecule has 0 aliphatic rings. The first-order valence-corrected chi connectivity index (χ1v) is 10.3. The summed E-state index contributed by atoms with van der Waals surface area (Å²) in [5.41, 5.74) is 1.99. The van der Waals surface area contributed by atoms with E-state index in [1.54, 1.807) is 6.26 Å². The van der Waals surface area contributed by atoms with Gasteiger partial charge in [-0.25, -0.2) is 4.79 Å². The largest absolute Gasteiger partial charge is 0.461 e. The fourth-order valence-corrected chi connectivity index (χ4v) is 4.38. The zero-order chi connectivity index (χ0) is 19.7. The summed E-state index contributed by atoms with van der Waals surface area (Å²) < 4.78 is 12.8. The molecule has 0 saturated heterocycles. The van der Waals surface area contributed by atoms with Crippen LogP contribution in [0.4, 0.5) is 0 Å². The van der Waals surface area contributed by atoms with Crippen LogP contribution in [-0.4, -0.2) is 14.8 Å². The monoisotopic (exact) mass is 415 g/mol. The van der Waals surface area contributed by atoms with Gasteiger partial charge >= 0.3 is 5.63 Å². The van der Waals surface area contributed by atoms with Crippen molar-refractivity contribution in [1.82, 2.24) is 14.8 Å². The van der Waals surface area contributed by atoms with E-state index in [2.05, 4.69) is 10.2 Å². The summed E-state index contributed by atoms with van der Waals surface area (Å²) in [4.78, 5) is 12.0. The Morgan fingerprint density at radius 1 is 1.18 bits per heavy atom. The molecule has 0 atom stereocenters. The van der Waals surface area contributed by atoms with Crippen LogP contribution >= 0.6 is 23.4 Å². The molecule has 0 saturated carbocycles. The van der Waals surface area contributed by atoms with Crippen LogP contribution in [0, 0.1) is 0 Å². The SMILES string of the molecule is CCc1cc2oc(=O)cc(CSc3nnc(-c4ccco4)n3CC)c2cc1Cl. The molecule has 6 nitrogen and oxygen atoms in total. The number of furan rings is 1. The molecule has 0 aliphatic heterocycles. The van der Waals surface area contributed by atoms with Crippen molar-refractivity contribution in [2.24, 2.45) is 0 Å². The molecule has 1 aromatic carbocycles. The Labute approximate surface area is 170 Å². The fourth-order valence-electron chi connectivity index (χ4n) is 3.09. The Kier molecular flexibility index (Phi) is 5.28. The molecule has 28 heavy (non-hydrogen) atoms. The highest BCUT2D eigenvalue weighted by atomic mass is 35.5. The average Bonchev–Trinajstić information content (AvgIpc) is 3.35. The normalized spacial score (nSPS) is 11.4. The van der Waals surface area contributed by atoms with Gasteiger partial charge in [-0.15, -0.1) is 10.2 Å². The summed E-state index contributed by atoms with van der Waals surface area (Å²) in [6.45, 7) is 4.74.